The number of likely N-dealkylation sites (N-methyl/N-ethyl adjacent to an activating group) is 1. The third kappa shape index (κ3) is 3.00. The number of rotatable bonds is 2. The first-order valence-electron chi connectivity index (χ1n) is 4.09. The topological polar surface area (TPSA) is 102 Å². The summed E-state index contributed by atoms with van der Waals surface area (Å²) in [6, 6.07) is -0.738. The van der Waals surface area contributed by atoms with Crippen molar-refractivity contribution in [1.29, 1.82) is 0 Å². The van der Waals surface area contributed by atoms with Gasteiger partial charge in [0.05, 0.1) is 12.6 Å². The minimum atomic E-state index is -1.22. The summed E-state index contributed by atoms with van der Waals surface area (Å²) in [5.41, 5.74) is 0. The molecule has 0 aliphatic carbocycles. The molecule has 1 aliphatic heterocycles. The first-order chi connectivity index (χ1) is 6.11. The van der Waals surface area contributed by atoms with Crippen LogP contribution in [0.4, 0.5) is 0 Å². The van der Waals surface area contributed by atoms with Crippen LogP contribution in [0.5, 0.6) is 0 Å². The summed E-state index contributed by atoms with van der Waals surface area (Å²) in [7, 11) is 1.53. The van der Waals surface area contributed by atoms with Gasteiger partial charge in [-0.3, -0.25) is 0 Å². The van der Waals surface area contributed by atoms with Gasteiger partial charge in [-0.25, -0.2) is 0 Å². The SMILES string of the molecule is CN[C@H]1C(O)O[C@H](CO)[C@@H](O)[C@@H]1O.[Ar]. The summed E-state index contributed by atoms with van der Waals surface area (Å²) >= 11 is 0. The van der Waals surface area contributed by atoms with E-state index in [1.807, 2.05) is 0 Å². The van der Waals surface area contributed by atoms with Gasteiger partial charge >= 0.3 is 0 Å². The standard InChI is InChI=1S/C7H15NO5.Ar/c1-8-4-6(11)5(10)3(2-9)13-7(4)12;/h3-12H,2H2,1H3;/t3-,4-,5-,6-,7?;/m1./s1. The van der Waals surface area contributed by atoms with Crippen LogP contribution in [0.2, 0.25) is 0 Å². The van der Waals surface area contributed by atoms with Gasteiger partial charge in [-0.15, -0.1) is 0 Å². The number of ether oxygens (including phenoxy) is 1. The Morgan fingerprint density at radius 2 is 1.79 bits per heavy atom. The maximum Gasteiger partial charge on any atom is 0.173 e. The molecule has 1 rings (SSSR count). The van der Waals surface area contributed by atoms with Crippen molar-refractivity contribution in [3.05, 3.63) is 0 Å². The number of nitrogens with one attached hydrogen (secondary N) is 1. The molecule has 1 unspecified atom stereocenters. The minimum Gasteiger partial charge on any atom is -0.394 e. The fraction of sp³-hybridized carbons (Fsp3) is 1.00. The minimum absolute atomic E-state index is 0. The number of hydrogen-bond acceptors (Lipinski definition) is 6. The predicted octanol–water partition coefficient (Wildman–Crippen LogP) is -2.99. The largest absolute Gasteiger partial charge is 0.394 e. The van der Waals surface area contributed by atoms with Crippen LogP contribution in [0.3, 0.4) is 0 Å². The van der Waals surface area contributed by atoms with Crippen LogP contribution < -0.4 is 5.32 Å². The monoisotopic (exact) mass is 233 g/mol. The van der Waals surface area contributed by atoms with E-state index in [1.165, 1.54) is 7.05 Å². The molecule has 5 N–H and O–H groups in total. The summed E-state index contributed by atoms with van der Waals surface area (Å²) in [4.78, 5) is 0. The molecular weight excluding hydrogens is 218 g/mol. The molecule has 86 valence electrons. The molecular formula is C7H15ArNO5. The molecule has 6 nitrogen and oxygen atoms in total. The molecule has 0 aromatic heterocycles. The molecule has 1 aliphatic rings. The third-order valence-electron chi connectivity index (χ3n) is 2.23. The molecule has 0 amide bonds. The van der Waals surface area contributed by atoms with Crippen LogP contribution in [0.15, 0.2) is 0 Å². The third-order valence-corrected chi connectivity index (χ3v) is 2.23. The van der Waals surface area contributed by atoms with Crippen molar-refractivity contribution in [3.63, 3.8) is 0 Å². The van der Waals surface area contributed by atoms with Crippen molar-refractivity contribution in [1.82, 2.24) is 5.32 Å². The Kier molecular flexibility index (Phi) is 7.05. The molecule has 1 heterocycles. The van der Waals surface area contributed by atoms with Gasteiger partial charge in [0.15, 0.2) is 6.29 Å². The molecule has 1 fully saturated rings. The van der Waals surface area contributed by atoms with Crippen molar-refractivity contribution in [2.45, 2.75) is 30.6 Å². The van der Waals surface area contributed by atoms with Crippen LogP contribution in [-0.2, 0) is 4.74 Å². The van der Waals surface area contributed by atoms with Crippen molar-refractivity contribution >= 4 is 0 Å². The summed E-state index contributed by atoms with van der Waals surface area (Å²) in [5.74, 6) is 0. The van der Waals surface area contributed by atoms with Crippen molar-refractivity contribution in [2.75, 3.05) is 13.7 Å². The zero-order valence-corrected chi connectivity index (χ0v) is 8.35. The van der Waals surface area contributed by atoms with E-state index < -0.39 is 37.3 Å². The van der Waals surface area contributed by atoms with E-state index in [4.69, 9.17) is 9.84 Å². The molecule has 0 radical (unpaired) electrons. The van der Waals surface area contributed by atoms with Gasteiger partial charge < -0.3 is 30.5 Å². The quantitative estimate of drug-likeness (QED) is 0.348. The summed E-state index contributed by atoms with van der Waals surface area (Å²) in [6.07, 6.45) is -4.49. The number of hydrogen-bond donors (Lipinski definition) is 5. The van der Waals surface area contributed by atoms with Gasteiger partial charge in [-0.1, -0.05) is 0 Å². The first kappa shape index (κ1) is 15.0. The van der Waals surface area contributed by atoms with E-state index in [2.05, 4.69) is 5.32 Å². The van der Waals surface area contributed by atoms with Gasteiger partial charge in [-0.2, -0.15) is 0 Å². The van der Waals surface area contributed by atoms with Gasteiger partial charge in [0.25, 0.3) is 0 Å². The normalized spacial score (nSPS) is 43.1. The second-order valence-electron chi connectivity index (χ2n) is 3.04. The fourth-order valence-electron chi connectivity index (χ4n) is 1.41. The Balaban J connectivity index is 0.00000169. The molecule has 0 saturated carbocycles. The Morgan fingerprint density at radius 3 is 2.21 bits per heavy atom. The Morgan fingerprint density at radius 1 is 1.21 bits per heavy atom. The molecule has 7 heteroatoms. The number of aliphatic hydroxyl groups excluding tert-OH is 4. The second-order valence-corrected chi connectivity index (χ2v) is 3.04. The molecule has 0 aromatic rings. The van der Waals surface area contributed by atoms with Gasteiger partial charge in [-0.05, 0) is 7.05 Å². The van der Waals surface area contributed by atoms with E-state index in [-0.39, 0.29) is 37.7 Å². The second kappa shape index (κ2) is 6.57. The molecule has 0 aromatic carbocycles. The molecule has 0 spiro atoms. The molecule has 14 heavy (non-hydrogen) atoms. The maximum absolute atomic E-state index is 9.45. The van der Waals surface area contributed by atoms with Crippen molar-refractivity contribution < 1.29 is 62.9 Å². The smallest absolute Gasteiger partial charge is 0.173 e. The van der Waals surface area contributed by atoms with Crippen LogP contribution in [0, 0.1) is 37.7 Å². The van der Waals surface area contributed by atoms with Crippen LogP contribution in [-0.4, -0.2) is 64.7 Å². The Bertz CT molecular complexity index is 172. The first-order valence-corrected chi connectivity index (χ1v) is 4.09. The maximum atomic E-state index is 9.45. The van der Waals surface area contributed by atoms with Gasteiger partial charge in [0, 0.05) is 37.7 Å². The van der Waals surface area contributed by atoms with Crippen LogP contribution >= 0.6 is 0 Å². The Hall–Kier alpha value is 1.02. The van der Waals surface area contributed by atoms with E-state index in [0.29, 0.717) is 0 Å². The zero-order chi connectivity index (χ0) is 10.0. The fourth-order valence-corrected chi connectivity index (χ4v) is 1.41. The van der Waals surface area contributed by atoms with Crippen molar-refractivity contribution in [2.24, 2.45) is 0 Å². The van der Waals surface area contributed by atoms with E-state index in [1.54, 1.807) is 0 Å². The molecule has 0 bridgehead atoms. The molecule has 1 saturated heterocycles. The molecule has 5 atom stereocenters. The van der Waals surface area contributed by atoms with E-state index >= 15 is 0 Å². The van der Waals surface area contributed by atoms with Crippen LogP contribution in [0.25, 0.3) is 0 Å². The average Bonchev–Trinajstić information content (AvgIpc) is 2.12. The Labute approximate surface area is 112 Å². The average molecular weight is 233 g/mol. The van der Waals surface area contributed by atoms with E-state index in [0.717, 1.165) is 0 Å². The van der Waals surface area contributed by atoms with E-state index in [9.17, 15) is 15.3 Å². The zero-order valence-electron chi connectivity index (χ0n) is 7.64. The summed E-state index contributed by atoms with van der Waals surface area (Å²) in [6.45, 7) is -0.439. The van der Waals surface area contributed by atoms with Crippen molar-refractivity contribution in [3.8, 4) is 0 Å². The van der Waals surface area contributed by atoms with Gasteiger partial charge in [0.2, 0.25) is 0 Å². The number of aliphatic hydroxyl groups is 4. The predicted molar refractivity (Wildman–Crippen MR) is 42.8 cm³/mol. The summed E-state index contributed by atoms with van der Waals surface area (Å²) < 4.78 is 4.85. The van der Waals surface area contributed by atoms with Crippen LogP contribution in [0.1, 0.15) is 0 Å². The van der Waals surface area contributed by atoms with Gasteiger partial charge in [0.1, 0.15) is 18.3 Å². The summed E-state index contributed by atoms with van der Waals surface area (Å²) in [5, 5.41) is 39.4.